The molecule has 200 valence electrons. The highest BCUT2D eigenvalue weighted by molar-refractivity contribution is 6.27. The van der Waals surface area contributed by atoms with Gasteiger partial charge in [0, 0.05) is 12.6 Å². The molecule has 0 aromatic rings. The molecular weight excluding hydrogens is 472 g/mol. The Morgan fingerprint density at radius 3 is 2.65 bits per heavy atom. The Labute approximate surface area is 217 Å². The lowest BCUT2D eigenvalue weighted by Crippen LogP contribution is -2.30. The Morgan fingerprint density at radius 2 is 1.86 bits per heavy atom. The summed E-state index contributed by atoms with van der Waals surface area (Å²) in [4.78, 5) is 37.3. The summed E-state index contributed by atoms with van der Waals surface area (Å²) < 4.78 is 6.06. The molecule has 37 heavy (non-hydrogen) atoms. The van der Waals surface area contributed by atoms with Crippen molar-refractivity contribution in [1.82, 2.24) is 10.6 Å². The van der Waals surface area contributed by atoms with Gasteiger partial charge in [0.1, 0.15) is 23.5 Å². The topological polar surface area (TPSA) is 128 Å². The van der Waals surface area contributed by atoms with Crippen molar-refractivity contribution in [3.63, 3.8) is 0 Å². The fourth-order valence-electron chi connectivity index (χ4n) is 7.48. The van der Waals surface area contributed by atoms with Crippen molar-refractivity contribution in [1.29, 1.82) is 0 Å². The van der Waals surface area contributed by atoms with E-state index in [0.29, 0.717) is 49.0 Å². The molecule has 5 rings (SSSR count). The van der Waals surface area contributed by atoms with Gasteiger partial charge in [0.05, 0.1) is 12.1 Å². The fraction of sp³-hybridized carbons (Fsp3) is 0.621. The molecule has 0 radical (unpaired) electrons. The number of amides is 2. The zero-order chi connectivity index (χ0) is 26.3. The van der Waals surface area contributed by atoms with Crippen LogP contribution in [-0.4, -0.2) is 58.7 Å². The number of hydrogen-bond acceptors (Lipinski definition) is 6. The number of rotatable bonds is 1. The quantitative estimate of drug-likeness (QED) is 0.317. The minimum absolute atomic E-state index is 0.101. The van der Waals surface area contributed by atoms with Gasteiger partial charge in [-0.1, -0.05) is 38.5 Å². The number of ketones is 1. The fourth-order valence-corrected chi connectivity index (χ4v) is 7.48. The number of fused-ring (bicyclic) bond motifs is 7. The van der Waals surface area contributed by atoms with Gasteiger partial charge >= 0.3 is 0 Å². The normalized spacial score (nSPS) is 42.2. The van der Waals surface area contributed by atoms with Crippen LogP contribution in [0.4, 0.5) is 0 Å². The highest BCUT2D eigenvalue weighted by Crippen LogP contribution is 2.60. The second kappa shape index (κ2) is 10.6. The molecule has 2 saturated carbocycles. The van der Waals surface area contributed by atoms with Crippen LogP contribution < -0.4 is 10.6 Å². The lowest BCUT2D eigenvalue weighted by atomic mass is 9.76. The van der Waals surface area contributed by atoms with E-state index >= 15 is 0 Å². The molecule has 1 unspecified atom stereocenters. The number of carbonyl (C=O) groups excluding carboxylic acids is 3. The first-order valence-electron chi connectivity index (χ1n) is 13.7. The third-order valence-electron chi connectivity index (χ3n) is 9.30. The summed E-state index contributed by atoms with van der Waals surface area (Å²) in [5.74, 6) is 1.22. The van der Waals surface area contributed by atoms with Crippen LogP contribution in [-0.2, 0) is 19.1 Å². The van der Waals surface area contributed by atoms with E-state index in [1.54, 1.807) is 6.08 Å². The smallest absolute Gasteiger partial charge is 0.259 e. The summed E-state index contributed by atoms with van der Waals surface area (Å²) in [7, 11) is 0. The van der Waals surface area contributed by atoms with E-state index < -0.39 is 35.7 Å². The van der Waals surface area contributed by atoms with Crippen molar-refractivity contribution in [2.45, 2.75) is 70.3 Å². The second-order valence-corrected chi connectivity index (χ2v) is 11.3. The molecule has 10 atom stereocenters. The van der Waals surface area contributed by atoms with E-state index in [9.17, 15) is 24.6 Å². The van der Waals surface area contributed by atoms with Gasteiger partial charge in [-0.15, -0.1) is 0 Å². The largest absolute Gasteiger partial charge is 0.507 e. The van der Waals surface area contributed by atoms with E-state index in [0.717, 1.165) is 6.42 Å². The van der Waals surface area contributed by atoms with Gasteiger partial charge in [-0.25, -0.2) is 0 Å². The molecule has 3 aliphatic heterocycles. The molecule has 0 aromatic carbocycles. The summed E-state index contributed by atoms with van der Waals surface area (Å²) in [5, 5.41) is 26.8. The molecule has 0 aromatic heterocycles. The van der Waals surface area contributed by atoms with Gasteiger partial charge in [-0.05, 0) is 73.3 Å². The minimum atomic E-state index is -0.959. The van der Waals surface area contributed by atoms with Crippen LogP contribution in [0.5, 0.6) is 0 Å². The summed E-state index contributed by atoms with van der Waals surface area (Å²) in [6.45, 7) is 4.97. The first-order valence-corrected chi connectivity index (χ1v) is 13.7. The van der Waals surface area contributed by atoms with Crippen LogP contribution in [0.2, 0.25) is 0 Å². The Balaban J connectivity index is 1.40. The van der Waals surface area contributed by atoms with E-state index in [1.165, 1.54) is 31.1 Å². The Bertz CT molecular complexity index is 1060. The average Bonchev–Trinajstić information content (AvgIpc) is 3.38. The van der Waals surface area contributed by atoms with E-state index in [1.807, 2.05) is 6.08 Å². The Morgan fingerprint density at radius 1 is 1.05 bits per heavy atom. The van der Waals surface area contributed by atoms with E-state index in [2.05, 4.69) is 30.6 Å². The number of aliphatic hydroxyl groups excluding tert-OH is 2. The van der Waals surface area contributed by atoms with Gasteiger partial charge in [0.25, 0.3) is 5.91 Å². The number of hydrogen-bond donors (Lipinski definition) is 4. The third-order valence-corrected chi connectivity index (χ3v) is 9.30. The molecule has 4 fully saturated rings. The first kappa shape index (κ1) is 25.9. The van der Waals surface area contributed by atoms with E-state index in [-0.39, 0.29) is 23.5 Å². The molecule has 5 aliphatic rings. The van der Waals surface area contributed by atoms with Crippen LogP contribution in [0, 0.1) is 35.5 Å². The molecule has 2 bridgehead atoms. The van der Waals surface area contributed by atoms with Crippen molar-refractivity contribution in [3.05, 3.63) is 47.8 Å². The van der Waals surface area contributed by atoms with Crippen LogP contribution in [0.15, 0.2) is 47.8 Å². The number of Topliss-reactive ketones (excluding diaryl/α,β-unsaturated/α-hetero) is 1. The van der Waals surface area contributed by atoms with Crippen molar-refractivity contribution >= 4 is 17.6 Å². The van der Waals surface area contributed by atoms with Gasteiger partial charge < -0.3 is 25.6 Å². The van der Waals surface area contributed by atoms with Gasteiger partial charge in [0.2, 0.25) is 5.91 Å². The molecule has 2 aliphatic carbocycles. The number of allylic oxidation sites excluding steroid dienone is 4. The zero-order valence-corrected chi connectivity index (χ0v) is 21.5. The molecule has 2 saturated heterocycles. The number of aliphatic hydroxyl groups is 2. The molecular formula is C29H38N2O6. The predicted octanol–water partition coefficient (Wildman–Crippen LogP) is 2.51. The highest BCUT2D eigenvalue weighted by atomic mass is 16.6. The van der Waals surface area contributed by atoms with Crippen LogP contribution in [0.3, 0.4) is 0 Å². The summed E-state index contributed by atoms with van der Waals surface area (Å²) in [6.07, 6.45) is 12.9. The van der Waals surface area contributed by atoms with Gasteiger partial charge in [0.15, 0.2) is 5.78 Å². The number of nitrogens with one attached hydrogen (secondary N) is 2. The molecule has 4 N–H and O–H groups in total. The van der Waals surface area contributed by atoms with E-state index in [4.69, 9.17) is 4.74 Å². The van der Waals surface area contributed by atoms with Gasteiger partial charge in [-0.3, -0.25) is 14.4 Å². The van der Waals surface area contributed by atoms with Crippen molar-refractivity contribution in [2.24, 2.45) is 35.5 Å². The monoisotopic (exact) mass is 510 g/mol. The van der Waals surface area contributed by atoms with Gasteiger partial charge in [-0.2, -0.15) is 0 Å². The number of epoxide rings is 1. The molecule has 3 heterocycles. The SMILES string of the molecule is CC[C@H]1C[C@@H]2C[C@H]3C=CC=CC(=O)NCCCC4NC(=O)C(=C(O)C=C[C@H](O)[C@H]5O[C@@H]5[C@H]3[C@@H]2[C@H]1C)C4=O. The summed E-state index contributed by atoms with van der Waals surface area (Å²) >= 11 is 0. The summed E-state index contributed by atoms with van der Waals surface area (Å²) in [5.41, 5.74) is -0.294. The zero-order valence-electron chi connectivity index (χ0n) is 21.5. The average molecular weight is 511 g/mol. The molecule has 2 amide bonds. The molecule has 0 spiro atoms. The predicted molar refractivity (Wildman–Crippen MR) is 137 cm³/mol. The van der Waals surface area contributed by atoms with Crippen LogP contribution in [0.1, 0.15) is 46.0 Å². The second-order valence-electron chi connectivity index (χ2n) is 11.3. The standard InChI is InChI=1S/C29H38N2O6/c1-3-16-13-18-14-17-7-4-5-9-22(34)30-12-6-8-19-26(35)25(29(36)31-19)20(32)10-11-21(33)27-28(37-27)24(17)23(18)15(16)2/h4-5,7,9-11,15-19,21,23-24,27-28,32-33H,3,6,8,12-14H2,1-2H3,(H,30,34)(H,31,36)/t15-,16-,17+,18+,19?,21-,23+,24+,27+,28+/m0/s1. The first-order chi connectivity index (χ1) is 17.8. The Hall–Kier alpha value is -2.71. The van der Waals surface area contributed by atoms with Crippen LogP contribution in [0.25, 0.3) is 0 Å². The Kier molecular flexibility index (Phi) is 7.41. The third kappa shape index (κ3) is 5.06. The number of carbonyl (C=O) groups is 3. The van der Waals surface area contributed by atoms with Crippen molar-refractivity contribution in [3.8, 4) is 0 Å². The minimum Gasteiger partial charge on any atom is -0.507 e. The molecule has 8 heteroatoms. The van der Waals surface area contributed by atoms with Crippen molar-refractivity contribution < 1.29 is 29.3 Å². The molecule has 8 nitrogen and oxygen atoms in total. The lowest BCUT2D eigenvalue weighted by Gasteiger charge is -2.27. The number of ether oxygens (including phenoxy) is 1. The van der Waals surface area contributed by atoms with Crippen molar-refractivity contribution in [2.75, 3.05) is 6.54 Å². The maximum atomic E-state index is 12.7. The lowest BCUT2D eigenvalue weighted by molar-refractivity contribution is -0.118. The maximum absolute atomic E-state index is 12.7. The highest BCUT2D eigenvalue weighted by Gasteiger charge is 2.60. The van der Waals surface area contributed by atoms with Crippen LogP contribution >= 0.6 is 0 Å². The summed E-state index contributed by atoms with van der Waals surface area (Å²) in [6, 6.07) is -0.743. The maximum Gasteiger partial charge on any atom is 0.259 e.